The molecule has 0 saturated heterocycles. The highest BCUT2D eigenvalue weighted by atomic mass is 79.9. The minimum absolute atomic E-state index is 0.00778. The van der Waals surface area contributed by atoms with E-state index in [1.165, 1.54) is 25.7 Å². The fourth-order valence-corrected chi connectivity index (χ4v) is 4.51. The van der Waals surface area contributed by atoms with E-state index >= 15 is 0 Å². The van der Waals surface area contributed by atoms with Crippen LogP contribution in [0.4, 0.5) is 0 Å². The number of benzene rings is 1. The number of hydrogen-bond donors (Lipinski definition) is 1. The molecule has 0 atom stereocenters. The second kappa shape index (κ2) is 6.72. The summed E-state index contributed by atoms with van der Waals surface area (Å²) in [4.78, 5) is 12.2. The zero-order valence-corrected chi connectivity index (χ0v) is 15.3. The summed E-state index contributed by atoms with van der Waals surface area (Å²) < 4.78 is 1.78. The zero-order chi connectivity index (χ0) is 13.9. The molecule has 0 heterocycles. The summed E-state index contributed by atoms with van der Waals surface area (Å²) in [5.41, 5.74) is 0.934. The Labute approximate surface area is 139 Å². The standard InChI is InChI=1S/C14H16Br3NO/c15-8-14(5-1-2-6-14)9-18-13(19)11-4-3-10(16)7-12(11)17/h3-4,7H,1-2,5-6,8-9H2,(H,18,19). The van der Waals surface area contributed by atoms with Crippen molar-refractivity contribution in [3.8, 4) is 0 Å². The minimum Gasteiger partial charge on any atom is -0.351 e. The lowest BCUT2D eigenvalue weighted by atomic mass is 9.89. The molecule has 5 heteroatoms. The van der Waals surface area contributed by atoms with Crippen LogP contribution in [0.3, 0.4) is 0 Å². The van der Waals surface area contributed by atoms with E-state index in [1.54, 1.807) is 0 Å². The first-order chi connectivity index (χ1) is 9.06. The highest BCUT2D eigenvalue weighted by Crippen LogP contribution is 2.39. The van der Waals surface area contributed by atoms with Gasteiger partial charge >= 0.3 is 0 Å². The fourth-order valence-electron chi connectivity index (χ4n) is 2.52. The molecule has 19 heavy (non-hydrogen) atoms. The number of carbonyl (C=O) groups excluding carboxylic acids is 1. The molecule has 1 aromatic carbocycles. The maximum atomic E-state index is 12.2. The third-order valence-electron chi connectivity index (χ3n) is 3.75. The van der Waals surface area contributed by atoms with Gasteiger partial charge in [0.05, 0.1) is 5.56 Å². The van der Waals surface area contributed by atoms with Gasteiger partial charge in [-0.15, -0.1) is 0 Å². The summed E-state index contributed by atoms with van der Waals surface area (Å²) in [7, 11) is 0. The van der Waals surface area contributed by atoms with Crippen molar-refractivity contribution < 1.29 is 4.79 Å². The smallest absolute Gasteiger partial charge is 0.252 e. The van der Waals surface area contributed by atoms with Crippen molar-refractivity contribution in [2.75, 3.05) is 11.9 Å². The molecule has 1 saturated carbocycles. The largest absolute Gasteiger partial charge is 0.351 e. The van der Waals surface area contributed by atoms with E-state index in [1.807, 2.05) is 18.2 Å². The van der Waals surface area contributed by atoms with E-state index in [9.17, 15) is 4.79 Å². The van der Waals surface area contributed by atoms with Gasteiger partial charge in [-0.2, -0.15) is 0 Å². The van der Waals surface area contributed by atoms with Crippen molar-refractivity contribution in [1.82, 2.24) is 5.32 Å². The Kier molecular flexibility index (Phi) is 5.49. The molecule has 0 radical (unpaired) electrons. The van der Waals surface area contributed by atoms with E-state index < -0.39 is 0 Å². The average molecular weight is 454 g/mol. The Bertz CT molecular complexity index is 470. The van der Waals surface area contributed by atoms with Crippen LogP contribution in [0.5, 0.6) is 0 Å². The number of halogens is 3. The zero-order valence-electron chi connectivity index (χ0n) is 10.5. The molecule has 2 nitrogen and oxygen atoms in total. The number of hydrogen-bond acceptors (Lipinski definition) is 1. The second-order valence-electron chi connectivity index (χ2n) is 5.15. The molecule has 2 rings (SSSR count). The normalized spacial score (nSPS) is 17.4. The molecule has 1 N–H and O–H groups in total. The maximum absolute atomic E-state index is 12.2. The van der Waals surface area contributed by atoms with E-state index in [-0.39, 0.29) is 11.3 Å². The lowest BCUT2D eigenvalue weighted by Gasteiger charge is -2.26. The summed E-state index contributed by atoms with van der Waals surface area (Å²) in [5, 5.41) is 4.04. The topological polar surface area (TPSA) is 29.1 Å². The van der Waals surface area contributed by atoms with E-state index in [4.69, 9.17) is 0 Å². The number of rotatable bonds is 4. The first-order valence-corrected chi connectivity index (χ1v) is 9.06. The molecule has 0 bridgehead atoms. The monoisotopic (exact) mass is 451 g/mol. The highest BCUT2D eigenvalue weighted by Gasteiger charge is 2.33. The first-order valence-electron chi connectivity index (χ1n) is 6.36. The first kappa shape index (κ1) is 15.5. The van der Waals surface area contributed by atoms with Gasteiger partial charge in [-0.3, -0.25) is 4.79 Å². The number of carbonyl (C=O) groups is 1. The van der Waals surface area contributed by atoms with Crippen LogP contribution >= 0.6 is 47.8 Å². The Balaban J connectivity index is 2.01. The predicted octanol–water partition coefficient (Wildman–Crippen LogP) is 4.90. The molecule has 1 aliphatic rings. The lowest BCUT2D eigenvalue weighted by molar-refractivity contribution is 0.0935. The molecule has 0 spiro atoms. The molecular weight excluding hydrogens is 438 g/mol. The van der Waals surface area contributed by atoms with Crippen LogP contribution in [0.25, 0.3) is 0 Å². The van der Waals surface area contributed by atoms with Gasteiger partial charge in [0.1, 0.15) is 0 Å². The molecule has 104 valence electrons. The van der Waals surface area contributed by atoms with Gasteiger partial charge < -0.3 is 5.32 Å². The van der Waals surface area contributed by atoms with Crippen molar-refractivity contribution in [3.63, 3.8) is 0 Å². The molecular formula is C14H16Br3NO. The molecule has 0 aliphatic heterocycles. The van der Waals surface area contributed by atoms with Gasteiger partial charge in [-0.1, -0.05) is 44.7 Å². The molecule has 0 unspecified atom stereocenters. The average Bonchev–Trinajstić information content (AvgIpc) is 2.85. The number of nitrogens with one attached hydrogen (secondary N) is 1. The summed E-state index contributed by atoms with van der Waals surface area (Å²) >= 11 is 10.4. The summed E-state index contributed by atoms with van der Waals surface area (Å²) in [6, 6.07) is 5.61. The van der Waals surface area contributed by atoms with E-state index in [0.29, 0.717) is 5.56 Å². The van der Waals surface area contributed by atoms with Gasteiger partial charge in [-0.25, -0.2) is 0 Å². The maximum Gasteiger partial charge on any atom is 0.252 e. The van der Waals surface area contributed by atoms with Crippen molar-refractivity contribution in [1.29, 1.82) is 0 Å². The van der Waals surface area contributed by atoms with Crippen molar-refractivity contribution >= 4 is 53.7 Å². The minimum atomic E-state index is -0.00778. The predicted molar refractivity (Wildman–Crippen MR) is 88.9 cm³/mol. The summed E-state index contributed by atoms with van der Waals surface area (Å²) in [6.07, 6.45) is 4.92. The molecule has 1 aromatic rings. The molecule has 1 amide bonds. The Morgan fingerprint density at radius 3 is 2.53 bits per heavy atom. The van der Waals surface area contributed by atoms with Gasteiger partial charge in [0, 0.05) is 20.8 Å². The van der Waals surface area contributed by atoms with Crippen LogP contribution in [-0.2, 0) is 0 Å². The van der Waals surface area contributed by atoms with Crippen LogP contribution in [0.1, 0.15) is 36.0 Å². The van der Waals surface area contributed by atoms with Crippen molar-refractivity contribution in [2.45, 2.75) is 25.7 Å². The number of alkyl halides is 1. The molecule has 1 aliphatic carbocycles. The lowest BCUT2D eigenvalue weighted by Crippen LogP contribution is -2.37. The molecule has 0 aromatic heterocycles. The van der Waals surface area contributed by atoms with Crippen molar-refractivity contribution in [2.24, 2.45) is 5.41 Å². The van der Waals surface area contributed by atoms with Gasteiger partial charge in [0.25, 0.3) is 5.91 Å². The van der Waals surface area contributed by atoms with Gasteiger partial charge in [0.15, 0.2) is 0 Å². The quantitative estimate of drug-likeness (QED) is 0.646. The van der Waals surface area contributed by atoms with Crippen LogP contribution in [0, 0.1) is 5.41 Å². The van der Waals surface area contributed by atoms with Crippen molar-refractivity contribution in [3.05, 3.63) is 32.7 Å². The number of amides is 1. The van der Waals surface area contributed by atoms with Crippen LogP contribution in [0.2, 0.25) is 0 Å². The third-order valence-corrected chi connectivity index (χ3v) is 6.09. The third kappa shape index (κ3) is 3.82. The Morgan fingerprint density at radius 1 is 1.26 bits per heavy atom. The fraction of sp³-hybridized carbons (Fsp3) is 0.500. The van der Waals surface area contributed by atoms with Crippen LogP contribution < -0.4 is 5.32 Å². The van der Waals surface area contributed by atoms with Crippen LogP contribution in [0.15, 0.2) is 27.1 Å². The van der Waals surface area contributed by atoms with Gasteiger partial charge in [0.2, 0.25) is 0 Å². The van der Waals surface area contributed by atoms with E-state index in [0.717, 1.165) is 20.8 Å². The Morgan fingerprint density at radius 2 is 1.95 bits per heavy atom. The molecule has 1 fully saturated rings. The summed E-state index contributed by atoms with van der Waals surface area (Å²) in [5.74, 6) is -0.00778. The Hall–Kier alpha value is 0.130. The van der Waals surface area contributed by atoms with Crippen LogP contribution in [-0.4, -0.2) is 17.8 Å². The highest BCUT2D eigenvalue weighted by molar-refractivity contribution is 9.11. The van der Waals surface area contributed by atoms with E-state index in [2.05, 4.69) is 53.1 Å². The van der Waals surface area contributed by atoms with Gasteiger partial charge in [-0.05, 0) is 52.4 Å². The summed E-state index contributed by atoms with van der Waals surface area (Å²) in [6.45, 7) is 0.750. The second-order valence-corrected chi connectivity index (χ2v) is 7.48. The SMILES string of the molecule is O=C(NCC1(CBr)CCCC1)c1ccc(Br)cc1Br.